The van der Waals surface area contributed by atoms with E-state index in [1.54, 1.807) is 0 Å². The fourth-order valence-electron chi connectivity index (χ4n) is 1.47. The van der Waals surface area contributed by atoms with Crippen LogP contribution in [0.3, 0.4) is 0 Å². The summed E-state index contributed by atoms with van der Waals surface area (Å²) in [7, 11) is 0. The number of hydrogen-bond acceptors (Lipinski definition) is 7. The summed E-state index contributed by atoms with van der Waals surface area (Å²) in [5.41, 5.74) is 6.52. The number of nitrogens with zero attached hydrogens (tertiary/aromatic N) is 2. The van der Waals surface area contributed by atoms with Crippen molar-refractivity contribution in [3.63, 3.8) is 0 Å². The fourth-order valence-corrected chi connectivity index (χ4v) is 1.47. The van der Waals surface area contributed by atoms with Crippen molar-refractivity contribution in [1.29, 1.82) is 0 Å². The number of nitro benzene ring substituents is 2. The van der Waals surface area contributed by atoms with Crippen LogP contribution in [-0.4, -0.2) is 26.6 Å². The Kier molecular flexibility index (Phi) is 3.77. The predicted octanol–water partition coefficient (Wildman–Crippen LogP) is -0.256. The number of carbonyl (C=O) groups is 1. The maximum absolute atomic E-state index is 10.9. The van der Waals surface area contributed by atoms with E-state index in [4.69, 9.17) is 16.6 Å². The van der Waals surface area contributed by atoms with E-state index in [2.05, 4.69) is 0 Å². The fraction of sp³-hybridized carbons (Fsp3) is 0.222. The standard InChI is InChI=1S/C9H10N4O6/c10-9(11,8(14)15)4-5-2-1-3-6(12(16)17)7(5)13(18)19/h1-3H,4,10-11H2,(H,14,15). The van der Waals surface area contributed by atoms with Gasteiger partial charge in [-0.25, -0.2) is 4.79 Å². The number of rotatable bonds is 5. The van der Waals surface area contributed by atoms with Gasteiger partial charge in [0.25, 0.3) is 0 Å². The van der Waals surface area contributed by atoms with Gasteiger partial charge in [0.15, 0.2) is 5.66 Å². The average molecular weight is 270 g/mol. The Morgan fingerprint density at radius 1 is 1.26 bits per heavy atom. The Morgan fingerprint density at radius 3 is 2.26 bits per heavy atom. The summed E-state index contributed by atoms with van der Waals surface area (Å²) in [5, 5.41) is 30.3. The van der Waals surface area contributed by atoms with Crippen LogP contribution in [0.25, 0.3) is 0 Å². The quantitative estimate of drug-likeness (QED) is 0.372. The lowest BCUT2D eigenvalue weighted by atomic mass is 9.99. The van der Waals surface area contributed by atoms with Crippen LogP contribution in [-0.2, 0) is 11.2 Å². The molecule has 19 heavy (non-hydrogen) atoms. The van der Waals surface area contributed by atoms with Crippen molar-refractivity contribution in [2.75, 3.05) is 0 Å². The van der Waals surface area contributed by atoms with Crippen molar-refractivity contribution < 1.29 is 19.7 Å². The first-order valence-corrected chi connectivity index (χ1v) is 4.88. The zero-order chi connectivity index (χ0) is 14.8. The Hall–Kier alpha value is -2.59. The molecule has 0 bridgehead atoms. The first-order valence-electron chi connectivity index (χ1n) is 4.88. The molecule has 1 rings (SSSR count). The number of benzene rings is 1. The van der Waals surface area contributed by atoms with Gasteiger partial charge in [-0.15, -0.1) is 0 Å². The van der Waals surface area contributed by atoms with Crippen molar-refractivity contribution in [3.8, 4) is 0 Å². The minimum absolute atomic E-state index is 0.216. The molecule has 10 heteroatoms. The highest BCUT2D eigenvalue weighted by Crippen LogP contribution is 2.31. The Bertz CT molecular complexity index is 556. The number of nitro groups is 2. The van der Waals surface area contributed by atoms with Crippen molar-refractivity contribution in [1.82, 2.24) is 0 Å². The van der Waals surface area contributed by atoms with E-state index in [-0.39, 0.29) is 5.56 Å². The highest BCUT2D eigenvalue weighted by molar-refractivity contribution is 5.78. The highest BCUT2D eigenvalue weighted by Gasteiger charge is 2.35. The Labute approximate surface area is 105 Å². The van der Waals surface area contributed by atoms with Crippen molar-refractivity contribution >= 4 is 17.3 Å². The first-order chi connectivity index (χ1) is 8.66. The van der Waals surface area contributed by atoms with E-state index in [0.717, 1.165) is 6.07 Å². The molecule has 0 amide bonds. The van der Waals surface area contributed by atoms with E-state index in [1.165, 1.54) is 12.1 Å². The molecule has 5 N–H and O–H groups in total. The molecule has 1 aromatic rings. The molecule has 0 aliphatic heterocycles. The van der Waals surface area contributed by atoms with Gasteiger partial charge >= 0.3 is 17.3 Å². The maximum atomic E-state index is 10.9. The molecule has 0 aliphatic carbocycles. The normalized spacial score (nSPS) is 11.1. The molecular formula is C9H10N4O6. The van der Waals surface area contributed by atoms with Crippen LogP contribution in [0.1, 0.15) is 5.56 Å². The number of carboxylic acid groups (broad SMARTS) is 1. The SMILES string of the molecule is NC(N)(Cc1cccc([N+](=O)[O-])c1[N+](=O)[O-])C(=O)O. The molecule has 0 aromatic heterocycles. The van der Waals surface area contributed by atoms with Gasteiger partial charge in [-0.2, -0.15) is 0 Å². The Morgan fingerprint density at radius 2 is 1.84 bits per heavy atom. The molecule has 0 atom stereocenters. The summed E-state index contributed by atoms with van der Waals surface area (Å²) < 4.78 is 0. The molecule has 0 aliphatic rings. The zero-order valence-corrected chi connectivity index (χ0v) is 9.48. The van der Waals surface area contributed by atoms with Crippen LogP contribution in [0.4, 0.5) is 11.4 Å². The third kappa shape index (κ3) is 3.00. The molecule has 0 unspecified atom stereocenters. The third-order valence-corrected chi connectivity index (χ3v) is 2.36. The molecule has 1 aromatic carbocycles. The molecular weight excluding hydrogens is 260 g/mol. The second-order valence-corrected chi connectivity index (χ2v) is 3.82. The minimum atomic E-state index is -2.25. The lowest BCUT2D eigenvalue weighted by Gasteiger charge is -2.18. The van der Waals surface area contributed by atoms with E-state index in [9.17, 15) is 25.0 Å². The molecule has 10 nitrogen and oxygen atoms in total. The van der Waals surface area contributed by atoms with Crippen LogP contribution >= 0.6 is 0 Å². The highest BCUT2D eigenvalue weighted by atomic mass is 16.6. The van der Waals surface area contributed by atoms with E-state index in [1.807, 2.05) is 0 Å². The molecule has 0 saturated heterocycles. The molecule has 0 spiro atoms. The van der Waals surface area contributed by atoms with Gasteiger partial charge in [0.1, 0.15) is 0 Å². The molecule has 0 saturated carbocycles. The second-order valence-electron chi connectivity index (χ2n) is 3.82. The number of aliphatic carboxylic acids is 1. The van der Waals surface area contributed by atoms with Crippen molar-refractivity contribution in [3.05, 3.63) is 44.0 Å². The largest absolute Gasteiger partial charge is 0.479 e. The van der Waals surface area contributed by atoms with Crippen LogP contribution in [0.15, 0.2) is 18.2 Å². The topological polar surface area (TPSA) is 176 Å². The smallest absolute Gasteiger partial charge is 0.349 e. The average Bonchev–Trinajstić information content (AvgIpc) is 2.27. The first kappa shape index (κ1) is 14.5. The Balaban J connectivity index is 3.37. The lowest BCUT2D eigenvalue weighted by Crippen LogP contribution is -2.58. The monoisotopic (exact) mass is 270 g/mol. The van der Waals surface area contributed by atoms with Crippen molar-refractivity contribution in [2.24, 2.45) is 11.5 Å². The minimum Gasteiger partial charge on any atom is -0.479 e. The molecule has 0 heterocycles. The molecule has 102 valence electrons. The van der Waals surface area contributed by atoms with Crippen molar-refractivity contribution in [2.45, 2.75) is 12.1 Å². The van der Waals surface area contributed by atoms with E-state index >= 15 is 0 Å². The second kappa shape index (κ2) is 4.96. The summed E-state index contributed by atoms with van der Waals surface area (Å²) >= 11 is 0. The maximum Gasteiger partial charge on any atom is 0.349 e. The summed E-state index contributed by atoms with van der Waals surface area (Å²) in [4.78, 5) is 30.4. The number of nitrogens with two attached hydrogens (primary N) is 2. The number of hydrogen-bond donors (Lipinski definition) is 3. The lowest BCUT2D eigenvalue weighted by molar-refractivity contribution is -0.423. The van der Waals surface area contributed by atoms with Crippen LogP contribution in [0, 0.1) is 20.2 Å². The van der Waals surface area contributed by atoms with Gasteiger partial charge < -0.3 is 16.6 Å². The number of carboxylic acids is 1. The van der Waals surface area contributed by atoms with Gasteiger partial charge in [-0.05, 0) is 0 Å². The summed E-state index contributed by atoms with van der Waals surface area (Å²) in [6, 6.07) is 3.30. The van der Waals surface area contributed by atoms with Gasteiger partial charge in [0, 0.05) is 18.1 Å². The molecule has 0 fully saturated rings. The van der Waals surface area contributed by atoms with Gasteiger partial charge in [-0.1, -0.05) is 12.1 Å². The molecule has 0 radical (unpaired) electrons. The zero-order valence-electron chi connectivity index (χ0n) is 9.48. The summed E-state index contributed by atoms with van der Waals surface area (Å²) in [6.45, 7) is 0. The van der Waals surface area contributed by atoms with Gasteiger partial charge in [0.2, 0.25) is 0 Å². The predicted molar refractivity (Wildman–Crippen MR) is 62.2 cm³/mol. The van der Waals surface area contributed by atoms with Crippen LogP contribution in [0.5, 0.6) is 0 Å². The summed E-state index contributed by atoms with van der Waals surface area (Å²) in [6.07, 6.45) is -0.611. The van der Waals surface area contributed by atoms with Crippen LogP contribution in [0.2, 0.25) is 0 Å². The third-order valence-electron chi connectivity index (χ3n) is 2.36. The van der Waals surface area contributed by atoms with E-state index < -0.39 is 39.3 Å². The summed E-state index contributed by atoms with van der Waals surface area (Å²) in [5.74, 6) is -1.58. The van der Waals surface area contributed by atoms with Crippen LogP contribution < -0.4 is 11.5 Å². The van der Waals surface area contributed by atoms with Gasteiger partial charge in [0.05, 0.1) is 9.85 Å². The van der Waals surface area contributed by atoms with Gasteiger partial charge in [-0.3, -0.25) is 20.2 Å². The van der Waals surface area contributed by atoms with E-state index in [0.29, 0.717) is 0 Å². The number of para-hydroxylation sites is 1.